The van der Waals surface area contributed by atoms with Gasteiger partial charge >= 0.3 is 0 Å². The van der Waals surface area contributed by atoms with Crippen molar-refractivity contribution < 1.29 is 0 Å². The van der Waals surface area contributed by atoms with E-state index < -0.39 is 0 Å². The van der Waals surface area contributed by atoms with Crippen LogP contribution in [0.15, 0.2) is 63.2 Å². The highest BCUT2D eigenvalue weighted by Crippen LogP contribution is 2.37. The molecule has 0 amide bonds. The first kappa shape index (κ1) is 17.5. The molecule has 0 N–H and O–H groups in total. The Morgan fingerprint density at radius 1 is 1.15 bits per heavy atom. The molecule has 4 aromatic rings. The van der Waals surface area contributed by atoms with Crippen LogP contribution in [0.25, 0.3) is 20.7 Å². The third kappa shape index (κ3) is 3.13. The van der Waals surface area contributed by atoms with Crippen molar-refractivity contribution in [2.24, 2.45) is 0 Å². The quantitative estimate of drug-likeness (QED) is 0.303. The number of rotatable bonds is 5. The zero-order chi connectivity index (χ0) is 18.1. The van der Waals surface area contributed by atoms with Gasteiger partial charge in [0, 0.05) is 27.6 Å². The number of hydrogen-bond donors (Lipinski definition) is 0. The SMILES string of the molecule is CCn1c(SC(C)c2ccccc2)nc2scc(-c3cccs3)c2c1=O. The summed E-state index contributed by atoms with van der Waals surface area (Å²) in [6.45, 7) is 4.77. The Morgan fingerprint density at radius 3 is 2.65 bits per heavy atom. The molecule has 26 heavy (non-hydrogen) atoms. The number of aromatic nitrogens is 2. The van der Waals surface area contributed by atoms with E-state index in [2.05, 4.69) is 30.5 Å². The van der Waals surface area contributed by atoms with Gasteiger partial charge in [0.1, 0.15) is 4.83 Å². The summed E-state index contributed by atoms with van der Waals surface area (Å²) in [5.74, 6) is 0. The second-order valence-corrected chi connectivity index (χ2v) is 9.04. The zero-order valence-corrected chi connectivity index (χ0v) is 17.0. The van der Waals surface area contributed by atoms with Gasteiger partial charge in [-0.25, -0.2) is 4.98 Å². The normalized spacial score (nSPS) is 12.5. The number of thiophene rings is 2. The molecule has 1 aromatic carbocycles. The maximum absolute atomic E-state index is 13.2. The molecule has 0 fully saturated rings. The molecule has 0 radical (unpaired) electrons. The van der Waals surface area contributed by atoms with E-state index >= 15 is 0 Å². The third-order valence-corrected chi connectivity index (χ3v) is 7.24. The molecule has 0 spiro atoms. The first-order valence-corrected chi connectivity index (χ1v) is 11.1. The second-order valence-electron chi connectivity index (χ2n) is 5.92. The van der Waals surface area contributed by atoms with E-state index in [9.17, 15) is 4.79 Å². The van der Waals surface area contributed by atoms with Crippen LogP contribution >= 0.6 is 34.4 Å². The topological polar surface area (TPSA) is 34.9 Å². The summed E-state index contributed by atoms with van der Waals surface area (Å²) >= 11 is 4.85. The summed E-state index contributed by atoms with van der Waals surface area (Å²) in [6.07, 6.45) is 0. The molecule has 3 heterocycles. The summed E-state index contributed by atoms with van der Waals surface area (Å²) in [5, 5.41) is 5.86. The predicted molar refractivity (Wildman–Crippen MR) is 114 cm³/mol. The van der Waals surface area contributed by atoms with Crippen molar-refractivity contribution >= 4 is 44.7 Å². The minimum absolute atomic E-state index is 0.0601. The van der Waals surface area contributed by atoms with Gasteiger partial charge in [0.25, 0.3) is 5.56 Å². The summed E-state index contributed by atoms with van der Waals surface area (Å²) < 4.78 is 1.80. The van der Waals surface area contributed by atoms with Gasteiger partial charge in [-0.05, 0) is 30.9 Å². The number of benzene rings is 1. The molecule has 3 nitrogen and oxygen atoms in total. The van der Waals surface area contributed by atoms with Gasteiger partial charge in [-0.1, -0.05) is 48.2 Å². The van der Waals surface area contributed by atoms with E-state index in [-0.39, 0.29) is 10.8 Å². The molecule has 3 aromatic heterocycles. The Bertz CT molecular complexity index is 1080. The maximum Gasteiger partial charge on any atom is 0.263 e. The molecule has 0 saturated heterocycles. The van der Waals surface area contributed by atoms with E-state index in [1.54, 1.807) is 39.0 Å². The van der Waals surface area contributed by atoms with Crippen LogP contribution in [0.3, 0.4) is 0 Å². The van der Waals surface area contributed by atoms with Crippen LogP contribution in [0.2, 0.25) is 0 Å². The highest BCUT2D eigenvalue weighted by atomic mass is 32.2. The minimum Gasteiger partial charge on any atom is -0.287 e. The molecule has 132 valence electrons. The largest absolute Gasteiger partial charge is 0.287 e. The molecular formula is C20H18N2OS3. The third-order valence-electron chi connectivity index (χ3n) is 4.31. The van der Waals surface area contributed by atoms with Crippen molar-refractivity contribution in [2.45, 2.75) is 30.8 Å². The van der Waals surface area contributed by atoms with Gasteiger partial charge in [0.05, 0.1) is 5.39 Å². The Hall–Kier alpha value is -1.89. The molecule has 0 aliphatic heterocycles. The Labute approximate surface area is 164 Å². The fourth-order valence-electron chi connectivity index (χ4n) is 2.94. The lowest BCUT2D eigenvalue weighted by Gasteiger charge is -2.15. The molecule has 1 unspecified atom stereocenters. The maximum atomic E-state index is 13.2. The van der Waals surface area contributed by atoms with Crippen molar-refractivity contribution in [3.63, 3.8) is 0 Å². The number of hydrogen-bond acceptors (Lipinski definition) is 5. The fourth-order valence-corrected chi connectivity index (χ4v) is 5.84. The predicted octanol–water partition coefficient (Wildman–Crippen LogP) is 6.06. The zero-order valence-electron chi connectivity index (χ0n) is 14.5. The highest BCUT2D eigenvalue weighted by molar-refractivity contribution is 7.99. The average molecular weight is 399 g/mol. The van der Waals surface area contributed by atoms with Crippen LogP contribution in [0.4, 0.5) is 0 Å². The lowest BCUT2D eigenvalue weighted by Crippen LogP contribution is -2.22. The van der Waals surface area contributed by atoms with Gasteiger partial charge in [-0.3, -0.25) is 9.36 Å². The van der Waals surface area contributed by atoms with E-state index in [1.807, 2.05) is 36.6 Å². The van der Waals surface area contributed by atoms with Crippen molar-refractivity contribution in [1.82, 2.24) is 9.55 Å². The van der Waals surface area contributed by atoms with Crippen LogP contribution in [-0.2, 0) is 6.54 Å². The van der Waals surface area contributed by atoms with Crippen molar-refractivity contribution in [3.05, 3.63) is 69.1 Å². The number of nitrogens with zero attached hydrogens (tertiary/aromatic N) is 2. The van der Waals surface area contributed by atoms with Crippen LogP contribution in [0, 0.1) is 0 Å². The van der Waals surface area contributed by atoms with E-state index in [1.165, 1.54) is 5.56 Å². The van der Waals surface area contributed by atoms with Crippen molar-refractivity contribution in [3.8, 4) is 10.4 Å². The molecule has 4 rings (SSSR count). The first-order chi connectivity index (χ1) is 12.7. The van der Waals surface area contributed by atoms with Crippen LogP contribution in [-0.4, -0.2) is 9.55 Å². The standard InChI is InChI=1S/C20H18N2OS3/c1-3-22-19(23)17-15(16-10-7-11-24-16)12-25-18(17)21-20(22)26-13(2)14-8-5-4-6-9-14/h4-13H,3H2,1-2H3. The summed E-state index contributed by atoms with van der Waals surface area (Å²) in [6, 6.07) is 14.4. The smallest absolute Gasteiger partial charge is 0.263 e. The Balaban J connectivity index is 1.80. The van der Waals surface area contributed by atoms with E-state index in [0.717, 1.165) is 25.8 Å². The summed E-state index contributed by atoms with van der Waals surface area (Å²) in [7, 11) is 0. The molecule has 0 saturated carbocycles. The van der Waals surface area contributed by atoms with Crippen molar-refractivity contribution in [1.29, 1.82) is 0 Å². The fraction of sp³-hybridized carbons (Fsp3) is 0.200. The van der Waals surface area contributed by atoms with Gasteiger partial charge in [0.15, 0.2) is 5.16 Å². The minimum atomic E-state index is 0.0601. The van der Waals surface area contributed by atoms with Gasteiger partial charge < -0.3 is 0 Å². The first-order valence-electron chi connectivity index (χ1n) is 8.46. The van der Waals surface area contributed by atoms with Gasteiger partial charge in [0.2, 0.25) is 0 Å². The van der Waals surface area contributed by atoms with Crippen LogP contribution in [0.1, 0.15) is 24.7 Å². The molecule has 0 bridgehead atoms. The summed E-state index contributed by atoms with van der Waals surface area (Å²) in [5.41, 5.74) is 2.30. The van der Waals surface area contributed by atoms with Gasteiger partial charge in [-0.15, -0.1) is 22.7 Å². The van der Waals surface area contributed by atoms with E-state index in [0.29, 0.717) is 6.54 Å². The highest BCUT2D eigenvalue weighted by Gasteiger charge is 2.19. The monoisotopic (exact) mass is 398 g/mol. The lowest BCUT2D eigenvalue weighted by atomic mass is 10.2. The molecule has 6 heteroatoms. The average Bonchev–Trinajstić information content (AvgIpc) is 3.32. The van der Waals surface area contributed by atoms with Crippen LogP contribution in [0.5, 0.6) is 0 Å². The number of thioether (sulfide) groups is 1. The van der Waals surface area contributed by atoms with Gasteiger partial charge in [-0.2, -0.15) is 0 Å². The summed E-state index contributed by atoms with van der Waals surface area (Å²) in [4.78, 5) is 20.0. The number of fused-ring (bicyclic) bond motifs is 1. The molecule has 0 aliphatic rings. The molecular weight excluding hydrogens is 380 g/mol. The Morgan fingerprint density at radius 2 is 1.96 bits per heavy atom. The van der Waals surface area contributed by atoms with E-state index in [4.69, 9.17) is 4.98 Å². The van der Waals surface area contributed by atoms with Crippen molar-refractivity contribution in [2.75, 3.05) is 0 Å². The van der Waals surface area contributed by atoms with Crippen LogP contribution < -0.4 is 5.56 Å². The Kier molecular flexibility index (Phi) is 4.98. The molecule has 0 aliphatic carbocycles. The lowest BCUT2D eigenvalue weighted by molar-refractivity contribution is 0.634. The second kappa shape index (κ2) is 7.39. The molecule has 1 atom stereocenters.